The highest BCUT2D eigenvalue weighted by Crippen LogP contribution is 2.09. The van der Waals surface area contributed by atoms with Crippen molar-refractivity contribution in [2.24, 2.45) is 0 Å². The summed E-state index contributed by atoms with van der Waals surface area (Å²) in [4.78, 5) is 20.0. The third kappa shape index (κ3) is 1.63. The van der Waals surface area contributed by atoms with Crippen molar-refractivity contribution in [1.82, 2.24) is 14.4 Å². The number of aryl methyl sites for hydroxylation is 2. The summed E-state index contributed by atoms with van der Waals surface area (Å²) in [5.41, 5.74) is 2.46. The molecule has 0 aromatic carbocycles. The molecule has 0 bridgehead atoms. The second-order valence-corrected chi connectivity index (χ2v) is 3.61. The minimum Gasteiger partial charge on any atom is -0.292 e. The first-order valence-electron chi connectivity index (χ1n) is 4.98. The van der Waals surface area contributed by atoms with E-state index in [-0.39, 0.29) is 5.78 Å². The zero-order valence-electron chi connectivity index (χ0n) is 9.11. The average Bonchev–Trinajstić information content (AvgIpc) is 2.60. The number of hydrogen-bond donors (Lipinski definition) is 0. The predicted molar refractivity (Wildman–Crippen MR) is 57.1 cm³/mol. The third-order valence-corrected chi connectivity index (χ3v) is 2.37. The first-order valence-corrected chi connectivity index (χ1v) is 4.98. The Morgan fingerprint density at radius 1 is 1.40 bits per heavy atom. The lowest BCUT2D eigenvalue weighted by atomic mass is 10.2. The van der Waals surface area contributed by atoms with Gasteiger partial charge in [-0.05, 0) is 19.9 Å². The molecule has 2 rings (SSSR count). The van der Waals surface area contributed by atoms with Crippen LogP contribution in [0.15, 0.2) is 12.3 Å². The Bertz CT molecular complexity index is 528. The van der Waals surface area contributed by atoms with E-state index in [1.807, 2.05) is 31.2 Å². The number of nitrogens with zero attached hydrogens (tertiary/aromatic N) is 3. The zero-order chi connectivity index (χ0) is 11.0. The number of hydrogen-bond acceptors (Lipinski definition) is 3. The number of Topliss-reactive ketones (excluding diaryl/α,β-unsaturated/α-hetero) is 1. The fraction of sp³-hybridized carbons (Fsp3) is 0.364. The molecule has 0 aliphatic carbocycles. The molecule has 0 aliphatic heterocycles. The lowest BCUT2D eigenvalue weighted by Gasteiger charge is -1.98. The smallest absolute Gasteiger partial charge is 0.234 e. The number of aromatic nitrogens is 3. The third-order valence-electron chi connectivity index (χ3n) is 2.37. The fourth-order valence-electron chi connectivity index (χ4n) is 1.59. The summed E-state index contributed by atoms with van der Waals surface area (Å²) >= 11 is 0. The van der Waals surface area contributed by atoms with Crippen molar-refractivity contribution in [3.63, 3.8) is 0 Å². The number of carbonyl (C=O) groups excluding carboxylic acids is 1. The monoisotopic (exact) mass is 203 g/mol. The largest absolute Gasteiger partial charge is 0.292 e. The van der Waals surface area contributed by atoms with Crippen molar-refractivity contribution in [3.05, 3.63) is 29.3 Å². The summed E-state index contributed by atoms with van der Waals surface area (Å²) in [5, 5.41) is 0. The van der Waals surface area contributed by atoms with Crippen molar-refractivity contribution >= 4 is 11.6 Å². The molecule has 2 heterocycles. The van der Waals surface area contributed by atoms with Gasteiger partial charge in [0, 0.05) is 24.0 Å². The van der Waals surface area contributed by atoms with Gasteiger partial charge in [-0.1, -0.05) is 6.92 Å². The van der Waals surface area contributed by atoms with E-state index in [0.717, 1.165) is 11.4 Å². The van der Waals surface area contributed by atoms with Gasteiger partial charge in [0.2, 0.25) is 5.78 Å². The summed E-state index contributed by atoms with van der Waals surface area (Å²) in [6, 6.07) is 1.97. The molecule has 2 aromatic rings. The van der Waals surface area contributed by atoms with Crippen molar-refractivity contribution < 1.29 is 4.79 Å². The summed E-state index contributed by atoms with van der Waals surface area (Å²) in [6.45, 7) is 5.73. The molecule has 0 N–H and O–H groups in total. The number of imidazole rings is 1. The molecular formula is C11H13N3O. The van der Waals surface area contributed by atoms with Crippen molar-refractivity contribution in [3.8, 4) is 0 Å². The second-order valence-electron chi connectivity index (χ2n) is 3.61. The fourth-order valence-corrected chi connectivity index (χ4v) is 1.59. The maximum Gasteiger partial charge on any atom is 0.234 e. The normalized spacial score (nSPS) is 10.9. The first kappa shape index (κ1) is 9.83. The van der Waals surface area contributed by atoms with Crippen LogP contribution in [0.5, 0.6) is 0 Å². The van der Waals surface area contributed by atoms with E-state index in [1.165, 1.54) is 0 Å². The SMILES string of the molecule is CCC(=O)c1cn2c(C)cc(C)nc2n1. The molecule has 0 atom stereocenters. The molecule has 0 saturated heterocycles. The molecule has 0 spiro atoms. The maximum absolute atomic E-state index is 11.5. The van der Waals surface area contributed by atoms with E-state index < -0.39 is 0 Å². The van der Waals surface area contributed by atoms with Crippen molar-refractivity contribution in [2.45, 2.75) is 27.2 Å². The topological polar surface area (TPSA) is 47.3 Å². The molecule has 78 valence electrons. The van der Waals surface area contributed by atoms with Gasteiger partial charge in [0.05, 0.1) is 0 Å². The summed E-state index contributed by atoms with van der Waals surface area (Å²) in [5.74, 6) is 0.654. The lowest BCUT2D eigenvalue weighted by Crippen LogP contribution is -1.95. The van der Waals surface area contributed by atoms with E-state index in [4.69, 9.17) is 0 Å². The van der Waals surface area contributed by atoms with Gasteiger partial charge in [0.15, 0.2) is 5.78 Å². The Morgan fingerprint density at radius 3 is 2.80 bits per heavy atom. The van der Waals surface area contributed by atoms with Crippen molar-refractivity contribution in [1.29, 1.82) is 0 Å². The molecule has 15 heavy (non-hydrogen) atoms. The summed E-state index contributed by atoms with van der Waals surface area (Å²) in [6.07, 6.45) is 2.23. The summed E-state index contributed by atoms with van der Waals surface area (Å²) < 4.78 is 1.84. The Morgan fingerprint density at radius 2 is 2.13 bits per heavy atom. The second kappa shape index (κ2) is 3.46. The number of fused-ring (bicyclic) bond motifs is 1. The van der Waals surface area contributed by atoms with Crippen LogP contribution in [0.25, 0.3) is 5.78 Å². The molecule has 2 aromatic heterocycles. The van der Waals surface area contributed by atoms with Gasteiger partial charge in [-0.25, -0.2) is 9.97 Å². The van der Waals surface area contributed by atoms with E-state index in [9.17, 15) is 4.79 Å². The predicted octanol–water partition coefficient (Wildman–Crippen LogP) is 1.94. The molecule has 0 unspecified atom stereocenters. The molecule has 4 heteroatoms. The molecular weight excluding hydrogens is 190 g/mol. The number of carbonyl (C=O) groups is 1. The van der Waals surface area contributed by atoms with Crippen LogP contribution in [-0.2, 0) is 0 Å². The Kier molecular flexibility index (Phi) is 2.26. The Balaban J connectivity index is 2.65. The Labute approximate surface area is 88.0 Å². The van der Waals surface area contributed by atoms with Crippen LogP contribution in [0.1, 0.15) is 35.2 Å². The minimum absolute atomic E-state index is 0.0533. The first-order chi connectivity index (χ1) is 7.11. The average molecular weight is 203 g/mol. The van der Waals surface area contributed by atoms with Crippen LogP contribution < -0.4 is 0 Å². The molecule has 0 fully saturated rings. The van der Waals surface area contributed by atoms with Crippen LogP contribution in [0.3, 0.4) is 0 Å². The zero-order valence-corrected chi connectivity index (χ0v) is 9.11. The standard InChI is InChI=1S/C11H13N3O/c1-4-10(15)9-6-14-8(3)5-7(2)12-11(14)13-9/h5-6H,4H2,1-3H3. The molecule has 0 aliphatic rings. The van der Waals surface area contributed by atoms with Crippen molar-refractivity contribution in [2.75, 3.05) is 0 Å². The number of rotatable bonds is 2. The maximum atomic E-state index is 11.5. The minimum atomic E-state index is 0.0533. The van der Waals surface area contributed by atoms with Crippen LogP contribution in [0.4, 0.5) is 0 Å². The van der Waals surface area contributed by atoms with Crippen LogP contribution in [0, 0.1) is 13.8 Å². The Hall–Kier alpha value is -1.71. The molecule has 4 nitrogen and oxygen atoms in total. The summed E-state index contributed by atoms with van der Waals surface area (Å²) in [7, 11) is 0. The van der Waals surface area contributed by atoms with E-state index in [0.29, 0.717) is 17.9 Å². The van der Waals surface area contributed by atoms with Gasteiger partial charge < -0.3 is 0 Å². The van der Waals surface area contributed by atoms with Crippen LogP contribution >= 0.6 is 0 Å². The van der Waals surface area contributed by atoms with Crippen LogP contribution in [0.2, 0.25) is 0 Å². The van der Waals surface area contributed by atoms with E-state index >= 15 is 0 Å². The van der Waals surface area contributed by atoms with Gasteiger partial charge in [0.25, 0.3) is 0 Å². The quantitative estimate of drug-likeness (QED) is 0.701. The van der Waals surface area contributed by atoms with Gasteiger partial charge >= 0.3 is 0 Å². The molecule has 0 amide bonds. The number of ketones is 1. The highest BCUT2D eigenvalue weighted by molar-refractivity contribution is 5.94. The molecule has 0 saturated carbocycles. The van der Waals surface area contributed by atoms with E-state index in [2.05, 4.69) is 9.97 Å². The van der Waals surface area contributed by atoms with E-state index in [1.54, 1.807) is 6.20 Å². The highest BCUT2D eigenvalue weighted by Gasteiger charge is 2.10. The van der Waals surface area contributed by atoms with Gasteiger partial charge in [-0.15, -0.1) is 0 Å². The molecule has 0 radical (unpaired) electrons. The van der Waals surface area contributed by atoms with Gasteiger partial charge in [-0.2, -0.15) is 0 Å². The van der Waals surface area contributed by atoms with Gasteiger partial charge in [-0.3, -0.25) is 9.20 Å². The highest BCUT2D eigenvalue weighted by atomic mass is 16.1. The van der Waals surface area contributed by atoms with Crippen LogP contribution in [-0.4, -0.2) is 20.2 Å². The lowest BCUT2D eigenvalue weighted by molar-refractivity contribution is 0.0984. The van der Waals surface area contributed by atoms with Gasteiger partial charge in [0.1, 0.15) is 5.69 Å².